The first kappa shape index (κ1) is 58.4. The van der Waals surface area contributed by atoms with Crippen LogP contribution in [-0.4, -0.2) is 137 Å². The summed E-state index contributed by atoms with van der Waals surface area (Å²) in [6.45, 7) is 6.34. The molecule has 0 bridgehead atoms. The van der Waals surface area contributed by atoms with Crippen LogP contribution in [0.2, 0.25) is 0 Å². The number of aromatic nitrogens is 5. The second-order valence-corrected chi connectivity index (χ2v) is 23.4. The van der Waals surface area contributed by atoms with Gasteiger partial charge in [-0.3, -0.25) is 23.9 Å². The van der Waals surface area contributed by atoms with Crippen molar-refractivity contribution in [1.82, 2.24) is 39.8 Å². The number of nitrogens with zero attached hydrogens (tertiary/aromatic N) is 10. The Bertz CT molecular complexity index is 3700. The Balaban J connectivity index is 0.698. The number of likely N-dealkylation sites (tertiary alicyclic amines) is 1. The van der Waals surface area contributed by atoms with E-state index in [0.717, 1.165) is 78.6 Å². The van der Waals surface area contributed by atoms with E-state index in [1.807, 2.05) is 54.5 Å². The van der Waals surface area contributed by atoms with Crippen molar-refractivity contribution < 1.29 is 50.9 Å². The Hall–Kier alpha value is -8.77. The minimum atomic E-state index is -4.66. The zero-order valence-electron chi connectivity index (χ0n) is 47.1. The van der Waals surface area contributed by atoms with Crippen LogP contribution in [0.15, 0.2) is 109 Å². The van der Waals surface area contributed by atoms with Gasteiger partial charge in [0, 0.05) is 75.7 Å². The number of aromatic hydroxyl groups is 2. The predicted octanol–water partition coefficient (Wildman–Crippen LogP) is 8.90. The number of para-hydroxylation sites is 1. The number of rotatable bonds is 17. The van der Waals surface area contributed by atoms with Crippen LogP contribution in [0.1, 0.15) is 75.8 Å². The second kappa shape index (κ2) is 24.2. The molecule has 5 heterocycles. The lowest BCUT2D eigenvalue weighted by molar-refractivity contribution is -0.137. The predicted molar refractivity (Wildman–Crippen MR) is 312 cm³/mol. The molecule has 0 radical (unpaired) electrons. The van der Waals surface area contributed by atoms with Crippen molar-refractivity contribution in [3.8, 4) is 34.3 Å². The fourth-order valence-corrected chi connectivity index (χ4v) is 12.1. The molecule has 5 aromatic carbocycles. The first-order valence-corrected chi connectivity index (χ1v) is 29.5. The topological polar surface area (TPSA) is 232 Å². The van der Waals surface area contributed by atoms with E-state index in [1.54, 1.807) is 50.4 Å². The largest absolute Gasteiger partial charge is 0.508 e. The quantitative estimate of drug-likeness (QED) is 0.0667. The van der Waals surface area contributed by atoms with Crippen LogP contribution in [0.4, 0.5) is 47.7 Å². The van der Waals surface area contributed by atoms with Crippen LogP contribution in [0.5, 0.6) is 17.2 Å². The Morgan fingerprint density at radius 2 is 1.46 bits per heavy atom. The number of nitrogens with one attached hydrogen (secondary N) is 2. The first-order chi connectivity index (χ1) is 40.1. The number of hydrogen-bond donors (Lipinski definition) is 4. The molecule has 0 atom stereocenters. The van der Waals surface area contributed by atoms with Gasteiger partial charge in [0.1, 0.15) is 29.5 Å². The summed E-state index contributed by atoms with van der Waals surface area (Å²) >= 11 is 0. The summed E-state index contributed by atoms with van der Waals surface area (Å²) in [5.74, 6) is -1.17. The maximum absolute atomic E-state index is 13.9. The van der Waals surface area contributed by atoms with E-state index in [1.165, 1.54) is 27.3 Å². The molecule has 7 aromatic rings. The molecule has 2 saturated heterocycles. The maximum Gasteiger partial charge on any atom is 0.405 e. The van der Waals surface area contributed by atoms with Crippen LogP contribution in [0.25, 0.3) is 17.1 Å². The van der Waals surface area contributed by atoms with E-state index in [2.05, 4.69) is 59.5 Å². The zero-order chi connectivity index (χ0) is 59.6. The summed E-state index contributed by atoms with van der Waals surface area (Å²) in [5, 5.41) is 33.9. The van der Waals surface area contributed by atoms with Crippen molar-refractivity contribution in [1.29, 1.82) is 0 Å². The lowest BCUT2D eigenvalue weighted by atomic mass is 9.88. The van der Waals surface area contributed by atoms with Gasteiger partial charge in [0.2, 0.25) is 27.7 Å². The second-order valence-electron chi connectivity index (χ2n) is 21.6. The van der Waals surface area contributed by atoms with Gasteiger partial charge >= 0.3 is 6.18 Å². The van der Waals surface area contributed by atoms with Crippen molar-refractivity contribution in [2.75, 3.05) is 79.1 Å². The normalized spacial score (nSPS) is 15.2. The summed E-state index contributed by atoms with van der Waals surface area (Å²) in [4.78, 5) is 57.2. The molecule has 4 N–H and O–H groups in total. The number of halogens is 3. The summed E-state index contributed by atoms with van der Waals surface area (Å²) in [7, 11) is -0.399. The van der Waals surface area contributed by atoms with Gasteiger partial charge in [0.15, 0.2) is 11.6 Å². The number of phenols is 2. The standard InChI is InChI=1S/C60H65F3N12O8S/c1-6-83-52-31-44(19-20-47(52)66-59-64-33-49-54(67-59)75(84(5,81)82)48-10-8-7-9-45(48)58(80)71(49)4)72-27-23-42(24-28-72)57(79)73-25-21-39(22-26-73)30-38-11-13-40(14-12-38)34-70(3)35-41-15-17-43(18-16-41)74-53(46-29-37(2)50(76)32-51(46)77)68-69-55(74)56(78)65-36-60(61,62)63/h7-20,29,31-33,39,42,76-77H,6,21-28,30,34-36H2,1-5H3,(H,65,78)(H,64,66,67). The molecular formula is C60H65F3N12O8S. The number of carbonyl (C=O) groups excluding carboxylic acids is 3. The van der Waals surface area contributed by atoms with Gasteiger partial charge in [-0.05, 0) is 124 Å². The Morgan fingerprint density at radius 1 is 0.810 bits per heavy atom. The zero-order valence-corrected chi connectivity index (χ0v) is 47.9. The van der Waals surface area contributed by atoms with Gasteiger partial charge in [-0.1, -0.05) is 48.5 Å². The number of carbonyl (C=O) groups is 3. The fraction of sp³-hybridized carbons (Fsp3) is 0.350. The summed E-state index contributed by atoms with van der Waals surface area (Å²) in [6.07, 6.45) is 2.05. The summed E-state index contributed by atoms with van der Waals surface area (Å²) < 4.78 is 74.1. The highest BCUT2D eigenvalue weighted by molar-refractivity contribution is 7.92. The van der Waals surface area contributed by atoms with E-state index in [4.69, 9.17) is 4.74 Å². The number of anilines is 6. The van der Waals surface area contributed by atoms with Gasteiger partial charge in [0.25, 0.3) is 11.8 Å². The SMILES string of the molecule is CCOc1cc(N2CCC(C(=O)N3CCC(Cc4ccc(CN(C)Cc5ccc(-n6c(C(=O)NCC(F)(F)F)nnc6-c6cc(C)c(O)cc6O)cc5)cc4)CC3)CC2)ccc1Nc1ncc2c(n1)N(S(C)(=O)=O)c1ccccc1C(=O)N2C. The van der Waals surface area contributed by atoms with Gasteiger partial charge in [-0.15, -0.1) is 10.2 Å². The average Bonchev–Trinajstić information content (AvgIpc) is 1.85. The summed E-state index contributed by atoms with van der Waals surface area (Å²) in [5.41, 5.74) is 6.31. The molecule has 84 heavy (non-hydrogen) atoms. The highest BCUT2D eigenvalue weighted by Crippen LogP contribution is 2.42. The maximum atomic E-state index is 13.9. The van der Waals surface area contributed by atoms with Crippen LogP contribution in [0.3, 0.4) is 0 Å². The van der Waals surface area contributed by atoms with E-state index >= 15 is 0 Å². The Morgan fingerprint density at radius 3 is 2.13 bits per heavy atom. The smallest absolute Gasteiger partial charge is 0.405 e. The number of benzene rings is 5. The molecule has 2 fully saturated rings. The number of ether oxygens (including phenoxy) is 1. The molecule has 24 heteroatoms. The van der Waals surface area contributed by atoms with Crippen molar-refractivity contribution >= 4 is 62.3 Å². The number of hydrogen-bond acceptors (Lipinski definition) is 15. The molecular weight excluding hydrogens is 1110 g/mol. The molecule has 3 amide bonds. The number of amides is 3. The first-order valence-electron chi connectivity index (χ1n) is 27.6. The van der Waals surface area contributed by atoms with Gasteiger partial charge in [0.05, 0.1) is 41.6 Å². The minimum Gasteiger partial charge on any atom is -0.508 e. The van der Waals surface area contributed by atoms with E-state index < -0.39 is 40.4 Å². The van der Waals surface area contributed by atoms with Crippen molar-refractivity contribution in [3.05, 3.63) is 143 Å². The molecule has 440 valence electrons. The molecule has 3 aliphatic heterocycles. The van der Waals surface area contributed by atoms with E-state index in [-0.39, 0.29) is 63.4 Å². The highest BCUT2D eigenvalue weighted by atomic mass is 32.2. The average molecular weight is 1170 g/mol. The molecule has 0 spiro atoms. The lowest BCUT2D eigenvalue weighted by Gasteiger charge is -2.38. The molecule has 0 saturated carbocycles. The molecule has 10 rings (SSSR count). The third kappa shape index (κ3) is 12.9. The van der Waals surface area contributed by atoms with Crippen molar-refractivity contribution in [2.24, 2.45) is 11.8 Å². The Kier molecular flexibility index (Phi) is 16.8. The third-order valence-corrected chi connectivity index (χ3v) is 16.5. The van der Waals surface area contributed by atoms with E-state index in [0.29, 0.717) is 61.4 Å². The third-order valence-electron chi connectivity index (χ3n) is 15.5. The molecule has 3 aliphatic rings. The Labute approximate surface area is 484 Å². The number of piperidine rings is 2. The fourth-order valence-electron chi connectivity index (χ4n) is 11.1. The van der Waals surface area contributed by atoms with Crippen molar-refractivity contribution in [2.45, 2.75) is 65.2 Å². The number of sulfonamides is 1. The number of fused-ring (bicyclic) bond motifs is 2. The lowest BCUT2D eigenvalue weighted by Crippen LogP contribution is -2.45. The van der Waals surface area contributed by atoms with Crippen LogP contribution < -0.4 is 29.5 Å². The van der Waals surface area contributed by atoms with Gasteiger partial charge in [-0.2, -0.15) is 18.2 Å². The molecule has 20 nitrogen and oxygen atoms in total. The molecule has 0 unspecified atom stereocenters. The number of alkyl halides is 3. The van der Waals surface area contributed by atoms with Gasteiger partial charge in [-0.25, -0.2) is 17.7 Å². The van der Waals surface area contributed by atoms with Gasteiger partial charge < -0.3 is 40.3 Å². The summed E-state index contributed by atoms with van der Waals surface area (Å²) in [6, 6.07) is 30.5. The van der Waals surface area contributed by atoms with Crippen molar-refractivity contribution in [3.63, 3.8) is 0 Å². The number of phenolic OH excluding ortho intramolecular Hbond substituents is 2. The molecule has 0 aliphatic carbocycles. The van der Waals surface area contributed by atoms with E-state index in [9.17, 15) is 46.2 Å². The van der Waals surface area contributed by atoms with Crippen LogP contribution >= 0.6 is 0 Å². The number of aryl methyl sites for hydroxylation is 1. The highest BCUT2D eigenvalue weighted by Gasteiger charge is 2.37. The monoisotopic (exact) mass is 1170 g/mol. The minimum absolute atomic E-state index is 0.00505. The molecule has 2 aromatic heterocycles. The van der Waals surface area contributed by atoms with Crippen LogP contribution in [-0.2, 0) is 34.3 Å². The van der Waals surface area contributed by atoms with Crippen LogP contribution in [0, 0.1) is 18.8 Å².